The SMILES string of the molecule is O=C(Nc1cccc(F)c1)c1cn2cc(-c3ncco3)ccc2n1. The fraction of sp³-hybridized carbons (Fsp3) is 0. The Balaban J connectivity index is 1.63. The maximum absolute atomic E-state index is 13.2. The highest BCUT2D eigenvalue weighted by Crippen LogP contribution is 2.18. The summed E-state index contributed by atoms with van der Waals surface area (Å²) < 4.78 is 20.1. The van der Waals surface area contributed by atoms with Gasteiger partial charge >= 0.3 is 0 Å². The third-order valence-corrected chi connectivity index (χ3v) is 3.45. The number of fused-ring (bicyclic) bond motifs is 1. The smallest absolute Gasteiger partial charge is 0.275 e. The average Bonchev–Trinajstić information content (AvgIpc) is 3.23. The number of benzene rings is 1. The number of pyridine rings is 1. The van der Waals surface area contributed by atoms with Crippen molar-refractivity contribution in [1.29, 1.82) is 0 Å². The predicted molar refractivity (Wildman–Crippen MR) is 85.0 cm³/mol. The lowest BCUT2D eigenvalue weighted by Crippen LogP contribution is -2.12. The minimum atomic E-state index is -0.418. The molecule has 0 saturated carbocycles. The molecule has 1 amide bonds. The van der Waals surface area contributed by atoms with Crippen LogP contribution in [-0.2, 0) is 0 Å². The molecule has 0 aliphatic carbocycles. The number of hydrogen-bond donors (Lipinski definition) is 1. The molecule has 1 N–H and O–H groups in total. The van der Waals surface area contributed by atoms with E-state index in [4.69, 9.17) is 4.42 Å². The van der Waals surface area contributed by atoms with Crippen LogP contribution in [0.25, 0.3) is 17.1 Å². The Labute approximate surface area is 135 Å². The molecule has 0 radical (unpaired) electrons. The maximum atomic E-state index is 13.2. The fourth-order valence-electron chi connectivity index (χ4n) is 2.36. The molecule has 3 aromatic heterocycles. The Hall–Kier alpha value is -3.48. The number of aromatic nitrogens is 3. The maximum Gasteiger partial charge on any atom is 0.275 e. The molecule has 0 aliphatic rings. The number of anilines is 1. The zero-order valence-electron chi connectivity index (χ0n) is 12.3. The summed E-state index contributed by atoms with van der Waals surface area (Å²) in [5.41, 5.74) is 1.97. The molecule has 4 rings (SSSR count). The summed E-state index contributed by atoms with van der Waals surface area (Å²) in [7, 11) is 0. The fourth-order valence-corrected chi connectivity index (χ4v) is 2.36. The first-order valence-electron chi connectivity index (χ1n) is 7.14. The van der Waals surface area contributed by atoms with Crippen molar-refractivity contribution in [1.82, 2.24) is 14.4 Å². The van der Waals surface area contributed by atoms with E-state index < -0.39 is 11.7 Å². The molecule has 4 aromatic rings. The number of rotatable bonds is 3. The molecule has 6 nitrogen and oxygen atoms in total. The van der Waals surface area contributed by atoms with Gasteiger partial charge in [-0.3, -0.25) is 4.79 Å². The lowest BCUT2D eigenvalue weighted by atomic mass is 10.3. The Bertz CT molecular complexity index is 1020. The van der Waals surface area contributed by atoms with Crippen molar-refractivity contribution in [2.45, 2.75) is 0 Å². The summed E-state index contributed by atoms with van der Waals surface area (Å²) in [4.78, 5) is 20.6. The molecule has 0 spiro atoms. The van der Waals surface area contributed by atoms with Crippen molar-refractivity contribution in [2.75, 3.05) is 5.32 Å². The third-order valence-electron chi connectivity index (χ3n) is 3.45. The van der Waals surface area contributed by atoms with Crippen LogP contribution in [0.4, 0.5) is 10.1 Å². The van der Waals surface area contributed by atoms with Crippen molar-refractivity contribution in [3.8, 4) is 11.5 Å². The Morgan fingerprint density at radius 1 is 1.21 bits per heavy atom. The van der Waals surface area contributed by atoms with Gasteiger partial charge in [-0.05, 0) is 30.3 Å². The van der Waals surface area contributed by atoms with Gasteiger partial charge in [-0.2, -0.15) is 0 Å². The molecule has 24 heavy (non-hydrogen) atoms. The van der Waals surface area contributed by atoms with Crippen LogP contribution >= 0.6 is 0 Å². The Morgan fingerprint density at radius 2 is 2.12 bits per heavy atom. The molecule has 118 valence electrons. The van der Waals surface area contributed by atoms with Gasteiger partial charge in [0.05, 0.1) is 11.8 Å². The molecule has 0 aliphatic heterocycles. The molecule has 1 aromatic carbocycles. The van der Waals surface area contributed by atoms with E-state index in [2.05, 4.69) is 15.3 Å². The second-order valence-corrected chi connectivity index (χ2v) is 5.11. The Morgan fingerprint density at radius 3 is 2.92 bits per heavy atom. The highest BCUT2D eigenvalue weighted by Gasteiger charge is 2.12. The summed E-state index contributed by atoms with van der Waals surface area (Å²) in [6.07, 6.45) is 6.42. The van der Waals surface area contributed by atoms with Crippen molar-refractivity contribution in [3.63, 3.8) is 0 Å². The third kappa shape index (κ3) is 2.63. The molecule has 7 heteroatoms. The van der Waals surface area contributed by atoms with Gasteiger partial charge in [-0.15, -0.1) is 0 Å². The second kappa shape index (κ2) is 5.62. The van der Waals surface area contributed by atoms with Gasteiger partial charge < -0.3 is 14.1 Å². The molecular weight excluding hydrogens is 311 g/mol. The molecule has 0 saturated heterocycles. The number of nitrogens with one attached hydrogen (secondary N) is 1. The monoisotopic (exact) mass is 322 g/mol. The van der Waals surface area contributed by atoms with Crippen LogP contribution in [0.1, 0.15) is 10.5 Å². The van der Waals surface area contributed by atoms with Crippen molar-refractivity contribution < 1.29 is 13.6 Å². The number of halogens is 1. The number of carbonyl (C=O) groups excluding carboxylic acids is 1. The highest BCUT2D eigenvalue weighted by atomic mass is 19.1. The van der Waals surface area contributed by atoms with Gasteiger partial charge in [-0.25, -0.2) is 14.4 Å². The van der Waals surface area contributed by atoms with Crippen LogP contribution in [0.2, 0.25) is 0 Å². The largest absolute Gasteiger partial charge is 0.444 e. The van der Waals surface area contributed by atoms with E-state index >= 15 is 0 Å². The summed E-state index contributed by atoms with van der Waals surface area (Å²) >= 11 is 0. The molecule has 3 heterocycles. The molecule has 0 atom stereocenters. The topological polar surface area (TPSA) is 72.4 Å². The summed E-state index contributed by atoms with van der Waals surface area (Å²) in [5.74, 6) is -0.350. The molecule has 0 unspecified atom stereocenters. The standard InChI is InChI=1S/C17H11FN4O2/c18-12-2-1-3-13(8-12)20-16(23)14-10-22-9-11(4-5-15(22)21-14)17-19-6-7-24-17/h1-10H,(H,20,23). The van der Waals surface area contributed by atoms with Gasteiger partial charge in [0.2, 0.25) is 5.89 Å². The first kappa shape index (κ1) is 14.1. The normalized spacial score (nSPS) is 10.9. The van der Waals surface area contributed by atoms with Crippen LogP contribution in [-0.4, -0.2) is 20.3 Å². The van der Waals surface area contributed by atoms with E-state index in [1.54, 1.807) is 35.1 Å². The summed E-state index contributed by atoms with van der Waals surface area (Å²) in [5, 5.41) is 2.62. The van der Waals surface area contributed by atoms with Crippen LogP contribution in [0.15, 0.2) is 65.7 Å². The number of oxazole rings is 1. The number of hydrogen-bond acceptors (Lipinski definition) is 4. The molecule has 0 bridgehead atoms. The predicted octanol–water partition coefficient (Wildman–Crippen LogP) is 3.38. The number of nitrogens with zero attached hydrogens (tertiary/aromatic N) is 3. The van der Waals surface area contributed by atoms with Gasteiger partial charge in [0.15, 0.2) is 0 Å². The lowest BCUT2D eigenvalue weighted by Gasteiger charge is -2.02. The van der Waals surface area contributed by atoms with E-state index in [-0.39, 0.29) is 5.69 Å². The van der Waals surface area contributed by atoms with Gasteiger partial charge in [0, 0.05) is 18.1 Å². The van der Waals surface area contributed by atoms with Crippen LogP contribution < -0.4 is 5.32 Å². The first-order chi connectivity index (χ1) is 11.7. The summed E-state index contributed by atoms with van der Waals surface area (Å²) in [6, 6.07) is 9.26. The second-order valence-electron chi connectivity index (χ2n) is 5.11. The van der Waals surface area contributed by atoms with Crippen molar-refractivity contribution in [2.24, 2.45) is 0 Å². The number of amides is 1. The summed E-state index contributed by atoms with van der Waals surface area (Å²) in [6.45, 7) is 0. The van der Waals surface area contributed by atoms with E-state index in [9.17, 15) is 9.18 Å². The lowest BCUT2D eigenvalue weighted by molar-refractivity contribution is 0.102. The molecular formula is C17H11FN4O2. The zero-order chi connectivity index (χ0) is 16.5. The van der Waals surface area contributed by atoms with E-state index in [1.807, 2.05) is 6.07 Å². The first-order valence-corrected chi connectivity index (χ1v) is 7.14. The van der Waals surface area contributed by atoms with Crippen LogP contribution in [0.5, 0.6) is 0 Å². The quantitative estimate of drug-likeness (QED) is 0.627. The van der Waals surface area contributed by atoms with Crippen molar-refractivity contribution >= 4 is 17.2 Å². The van der Waals surface area contributed by atoms with Crippen LogP contribution in [0.3, 0.4) is 0 Å². The van der Waals surface area contributed by atoms with Crippen molar-refractivity contribution in [3.05, 3.63) is 72.8 Å². The van der Waals surface area contributed by atoms with E-state index in [0.29, 0.717) is 17.2 Å². The van der Waals surface area contributed by atoms with Gasteiger partial charge in [-0.1, -0.05) is 6.07 Å². The average molecular weight is 322 g/mol. The van der Waals surface area contributed by atoms with Gasteiger partial charge in [0.1, 0.15) is 23.4 Å². The van der Waals surface area contributed by atoms with Crippen LogP contribution in [0, 0.1) is 5.82 Å². The van der Waals surface area contributed by atoms with E-state index in [1.165, 1.54) is 24.5 Å². The number of imidazole rings is 1. The Kier molecular flexibility index (Phi) is 3.31. The van der Waals surface area contributed by atoms with Gasteiger partial charge in [0.25, 0.3) is 5.91 Å². The van der Waals surface area contributed by atoms with E-state index in [0.717, 1.165) is 5.56 Å². The molecule has 0 fully saturated rings. The minimum absolute atomic E-state index is 0.226. The highest BCUT2D eigenvalue weighted by molar-refractivity contribution is 6.03. The number of carbonyl (C=O) groups is 1. The zero-order valence-corrected chi connectivity index (χ0v) is 12.3. The minimum Gasteiger partial charge on any atom is -0.444 e.